The highest BCUT2D eigenvalue weighted by Gasteiger charge is 2.11. The molecule has 5 aromatic carbocycles. The Hall–Kier alpha value is -4.82. The van der Waals surface area contributed by atoms with Gasteiger partial charge in [0.15, 0.2) is 0 Å². The smallest absolute Gasteiger partial charge is 0.0494 e. The molecule has 0 aliphatic carbocycles. The predicted molar refractivity (Wildman–Crippen MR) is 221 cm³/mol. The molecule has 0 amide bonds. The van der Waals surface area contributed by atoms with Crippen LogP contribution >= 0.6 is 0 Å². The minimum Gasteiger partial charge on any atom is -0.344 e. The quantitative estimate of drug-likeness (QED) is 0.0814. The lowest BCUT2D eigenvalue weighted by atomic mass is 10.0. The lowest BCUT2D eigenvalue weighted by molar-refractivity contribution is 0.667. The van der Waals surface area contributed by atoms with E-state index in [4.69, 9.17) is 0 Å². The molecule has 0 unspecified atom stereocenters. The largest absolute Gasteiger partial charge is 0.344 e. The van der Waals surface area contributed by atoms with Crippen LogP contribution in [-0.2, 0) is 26.9 Å². The molecule has 0 bridgehead atoms. The zero-order valence-corrected chi connectivity index (χ0v) is 30.5. The van der Waals surface area contributed by atoms with Gasteiger partial charge in [0.1, 0.15) is 0 Å². The van der Waals surface area contributed by atoms with E-state index in [-0.39, 0.29) is 0 Å². The third-order valence-electron chi connectivity index (χ3n) is 10.7. The summed E-state index contributed by atoms with van der Waals surface area (Å²) in [5, 5.41) is 5.35. The van der Waals surface area contributed by atoms with Crippen molar-refractivity contribution in [2.75, 3.05) is 0 Å². The van der Waals surface area contributed by atoms with Gasteiger partial charge in [-0.1, -0.05) is 149 Å². The molecule has 0 spiro atoms. The molecule has 0 fully saturated rings. The topological polar surface area (TPSA) is 9.86 Å². The van der Waals surface area contributed by atoms with Crippen molar-refractivity contribution in [2.24, 2.45) is 14.1 Å². The van der Waals surface area contributed by atoms with Gasteiger partial charge in [0.05, 0.1) is 0 Å². The van der Waals surface area contributed by atoms with E-state index in [1.807, 2.05) is 0 Å². The van der Waals surface area contributed by atoms with E-state index in [9.17, 15) is 0 Å². The lowest BCUT2D eigenvalue weighted by Crippen LogP contribution is -1.90. The van der Waals surface area contributed by atoms with Crippen LogP contribution in [-0.4, -0.2) is 9.13 Å². The minimum atomic E-state index is 1.17. The molecule has 0 aliphatic rings. The third kappa shape index (κ3) is 7.22. The second kappa shape index (κ2) is 15.4. The Bertz CT molecular complexity index is 2140. The number of unbranched alkanes of at least 4 members (excludes halogenated alkanes) is 6. The van der Waals surface area contributed by atoms with Gasteiger partial charge in [-0.25, -0.2) is 0 Å². The molecule has 7 rings (SSSR count). The van der Waals surface area contributed by atoms with E-state index in [0.29, 0.717) is 0 Å². The van der Waals surface area contributed by atoms with Gasteiger partial charge >= 0.3 is 0 Å². The first kappa shape index (κ1) is 33.7. The normalized spacial score (nSPS) is 12.2. The van der Waals surface area contributed by atoms with E-state index in [1.165, 1.54) is 141 Å². The predicted octanol–water partition coefficient (Wildman–Crippen LogP) is 13.6. The summed E-state index contributed by atoms with van der Waals surface area (Å²) in [6.07, 6.45) is 21.7. The number of fused-ring (bicyclic) bond motifs is 6. The highest BCUT2D eigenvalue weighted by Crippen LogP contribution is 2.32. The minimum absolute atomic E-state index is 1.17. The van der Waals surface area contributed by atoms with Crippen molar-refractivity contribution >= 4 is 67.9 Å². The number of hydrogen-bond donors (Lipinski definition) is 0. The molecule has 0 atom stereocenters. The van der Waals surface area contributed by atoms with Crippen molar-refractivity contribution < 1.29 is 0 Å². The van der Waals surface area contributed by atoms with Crippen LogP contribution in [0.25, 0.3) is 67.9 Å². The standard InChI is InChI=1S/C48H52N2/c1-5-7-9-11-13-37-23-27-41-43-29-25-39(33-47(43)49(3)45(41)31-37)21-19-35-15-17-36(18-16-35)20-22-40-26-30-44-42-28-24-38(14-12-10-8-6-2)32-46(42)50(4)48(44)34-40/h15-34H,5-14H2,1-4H3/b21-19+,22-20+. The molecule has 0 radical (unpaired) electrons. The van der Waals surface area contributed by atoms with Crippen molar-refractivity contribution in [3.05, 3.63) is 130 Å². The van der Waals surface area contributed by atoms with E-state index in [0.717, 1.165) is 0 Å². The molecule has 254 valence electrons. The summed E-state index contributed by atoms with van der Waals surface area (Å²) in [6.45, 7) is 4.55. The highest BCUT2D eigenvalue weighted by atomic mass is 14.9. The summed E-state index contributed by atoms with van der Waals surface area (Å²) in [4.78, 5) is 0. The Morgan fingerprint density at radius 1 is 0.380 bits per heavy atom. The molecule has 0 saturated heterocycles. The Morgan fingerprint density at radius 2 is 0.720 bits per heavy atom. The van der Waals surface area contributed by atoms with E-state index in [2.05, 4.69) is 158 Å². The molecule has 0 saturated carbocycles. The van der Waals surface area contributed by atoms with Crippen LogP contribution in [0, 0.1) is 0 Å². The fraction of sp³-hybridized carbons (Fsp3) is 0.292. The summed E-state index contributed by atoms with van der Waals surface area (Å²) in [6, 6.07) is 36.7. The van der Waals surface area contributed by atoms with E-state index < -0.39 is 0 Å². The molecule has 0 N–H and O–H groups in total. The first-order valence-corrected chi connectivity index (χ1v) is 19.0. The van der Waals surface area contributed by atoms with Gasteiger partial charge < -0.3 is 9.13 Å². The van der Waals surface area contributed by atoms with E-state index in [1.54, 1.807) is 0 Å². The van der Waals surface area contributed by atoms with Crippen LogP contribution < -0.4 is 0 Å². The number of rotatable bonds is 14. The van der Waals surface area contributed by atoms with Crippen molar-refractivity contribution in [1.29, 1.82) is 0 Å². The van der Waals surface area contributed by atoms with Crippen LogP contribution in [0.3, 0.4) is 0 Å². The summed E-state index contributed by atoms with van der Waals surface area (Å²) in [5.41, 5.74) is 13.0. The number of nitrogens with zero attached hydrogens (tertiary/aromatic N) is 2. The highest BCUT2D eigenvalue weighted by molar-refractivity contribution is 6.09. The first-order chi connectivity index (χ1) is 24.5. The molecule has 2 heterocycles. The number of hydrogen-bond acceptors (Lipinski definition) is 0. The van der Waals surface area contributed by atoms with Crippen LogP contribution in [0.2, 0.25) is 0 Å². The van der Waals surface area contributed by atoms with Gasteiger partial charge in [0, 0.05) is 57.7 Å². The molecule has 2 nitrogen and oxygen atoms in total. The average Bonchev–Trinajstić information content (AvgIpc) is 3.59. The van der Waals surface area contributed by atoms with E-state index >= 15 is 0 Å². The zero-order chi connectivity index (χ0) is 34.5. The average molecular weight is 657 g/mol. The lowest BCUT2D eigenvalue weighted by Gasteiger charge is -2.03. The third-order valence-corrected chi connectivity index (χ3v) is 10.7. The van der Waals surface area contributed by atoms with Gasteiger partial charge in [0.2, 0.25) is 0 Å². The summed E-state index contributed by atoms with van der Waals surface area (Å²) in [5.74, 6) is 0. The molecular weight excluding hydrogens is 605 g/mol. The number of aromatic nitrogens is 2. The number of benzene rings is 5. The molecule has 2 heteroatoms. The molecule has 0 aliphatic heterocycles. The Labute approximate surface area is 298 Å². The zero-order valence-electron chi connectivity index (χ0n) is 30.5. The van der Waals surface area contributed by atoms with Crippen molar-refractivity contribution in [3.63, 3.8) is 0 Å². The van der Waals surface area contributed by atoms with Crippen LogP contribution in [0.1, 0.15) is 98.6 Å². The van der Waals surface area contributed by atoms with Crippen molar-refractivity contribution in [2.45, 2.75) is 78.1 Å². The molecule has 7 aromatic rings. The van der Waals surface area contributed by atoms with Gasteiger partial charge in [0.25, 0.3) is 0 Å². The second-order valence-electron chi connectivity index (χ2n) is 14.3. The summed E-state index contributed by atoms with van der Waals surface area (Å²) >= 11 is 0. The monoisotopic (exact) mass is 656 g/mol. The van der Waals surface area contributed by atoms with Crippen molar-refractivity contribution in [3.8, 4) is 0 Å². The van der Waals surface area contributed by atoms with Gasteiger partial charge in [-0.2, -0.15) is 0 Å². The Kier molecular flexibility index (Phi) is 10.4. The van der Waals surface area contributed by atoms with Gasteiger partial charge in [-0.15, -0.1) is 0 Å². The maximum Gasteiger partial charge on any atom is 0.0494 e. The second-order valence-corrected chi connectivity index (χ2v) is 14.3. The molecule has 50 heavy (non-hydrogen) atoms. The van der Waals surface area contributed by atoms with Crippen LogP contribution in [0.15, 0.2) is 97.1 Å². The number of aryl methyl sites for hydroxylation is 4. The van der Waals surface area contributed by atoms with Crippen LogP contribution in [0.5, 0.6) is 0 Å². The van der Waals surface area contributed by atoms with Gasteiger partial charge in [-0.05, 0) is 83.3 Å². The Balaban J connectivity index is 1.03. The Morgan fingerprint density at radius 3 is 1.12 bits per heavy atom. The van der Waals surface area contributed by atoms with Crippen LogP contribution in [0.4, 0.5) is 0 Å². The first-order valence-electron chi connectivity index (χ1n) is 19.0. The maximum atomic E-state index is 2.40. The fourth-order valence-corrected chi connectivity index (χ4v) is 7.67. The summed E-state index contributed by atoms with van der Waals surface area (Å²) in [7, 11) is 4.41. The summed E-state index contributed by atoms with van der Waals surface area (Å²) < 4.78 is 4.73. The SMILES string of the molecule is CCCCCCc1ccc2c3ccc(/C=C/c4ccc(/C=C/c5ccc6c7ccc(CCCCCC)cc7n(C)c6c5)cc4)cc3n(C)c2c1. The fourth-order valence-electron chi connectivity index (χ4n) is 7.67. The molecule has 2 aromatic heterocycles. The van der Waals surface area contributed by atoms with Crippen molar-refractivity contribution in [1.82, 2.24) is 9.13 Å². The maximum absolute atomic E-state index is 2.40. The molecular formula is C48H52N2. The van der Waals surface area contributed by atoms with Gasteiger partial charge in [-0.3, -0.25) is 0 Å².